The van der Waals surface area contributed by atoms with Gasteiger partial charge in [0.1, 0.15) is 10.2 Å². The van der Waals surface area contributed by atoms with E-state index in [1.54, 1.807) is 25.2 Å². The largest absolute Gasteiger partial charge is 0.368 e. The number of aromatic nitrogens is 1. The van der Waals surface area contributed by atoms with Crippen LogP contribution in [0.5, 0.6) is 0 Å². The molecule has 0 radical (unpaired) electrons. The molecule has 1 saturated carbocycles. The Hall–Kier alpha value is -1.24. The Labute approximate surface area is 178 Å². The average Bonchev–Trinajstić information content (AvgIpc) is 2.70. The second kappa shape index (κ2) is 9.99. The predicted octanol–water partition coefficient (Wildman–Crippen LogP) is 3.73. The minimum Gasteiger partial charge on any atom is -0.368 e. The molecule has 1 aromatic heterocycles. The minimum atomic E-state index is 0.0249. The smallest absolute Gasteiger partial charge is 0.317 e. The summed E-state index contributed by atoms with van der Waals surface area (Å²) in [5.41, 5.74) is 0.986. The van der Waals surface area contributed by atoms with Gasteiger partial charge in [-0.25, -0.2) is 9.78 Å². The van der Waals surface area contributed by atoms with Crippen LogP contribution in [0.2, 0.25) is 10.2 Å². The van der Waals surface area contributed by atoms with Gasteiger partial charge in [-0.2, -0.15) is 0 Å². The van der Waals surface area contributed by atoms with E-state index in [9.17, 15) is 4.79 Å². The van der Waals surface area contributed by atoms with Gasteiger partial charge in [-0.15, -0.1) is 0 Å². The van der Waals surface area contributed by atoms with Crippen molar-refractivity contribution in [2.45, 2.75) is 38.1 Å². The van der Waals surface area contributed by atoms with Gasteiger partial charge in [0.15, 0.2) is 0 Å². The molecule has 3 rings (SSSR count). The third-order valence-corrected chi connectivity index (χ3v) is 6.73. The normalized spacial score (nSPS) is 23.5. The topological polar surface area (TPSA) is 51.7 Å². The quantitative estimate of drug-likeness (QED) is 0.727. The zero-order valence-electron chi connectivity index (χ0n) is 16.8. The van der Waals surface area contributed by atoms with Gasteiger partial charge in [0, 0.05) is 52.5 Å². The minimum absolute atomic E-state index is 0.0249. The maximum atomic E-state index is 11.8. The van der Waals surface area contributed by atoms with Gasteiger partial charge in [0.25, 0.3) is 0 Å². The number of anilines is 1. The number of pyridine rings is 1. The molecule has 0 bridgehead atoms. The molecule has 28 heavy (non-hydrogen) atoms. The highest BCUT2D eigenvalue weighted by Gasteiger charge is 2.25. The number of rotatable bonds is 5. The molecule has 1 aliphatic carbocycles. The van der Waals surface area contributed by atoms with E-state index < -0.39 is 0 Å². The van der Waals surface area contributed by atoms with Crippen LogP contribution in [-0.2, 0) is 0 Å². The third kappa shape index (κ3) is 5.65. The Bertz CT molecular complexity index is 656. The molecule has 0 spiro atoms. The van der Waals surface area contributed by atoms with Crippen LogP contribution in [0.3, 0.4) is 0 Å². The fourth-order valence-corrected chi connectivity index (χ4v) is 4.51. The number of carbonyl (C=O) groups is 1. The number of halogens is 2. The van der Waals surface area contributed by atoms with Crippen molar-refractivity contribution >= 4 is 34.9 Å². The van der Waals surface area contributed by atoms with E-state index in [-0.39, 0.29) is 6.03 Å². The van der Waals surface area contributed by atoms with Crippen LogP contribution in [0, 0.1) is 5.92 Å². The molecule has 2 aliphatic rings. The lowest BCUT2D eigenvalue weighted by Gasteiger charge is -2.37. The summed E-state index contributed by atoms with van der Waals surface area (Å²) in [7, 11) is 3.58. The van der Waals surface area contributed by atoms with Crippen molar-refractivity contribution in [3.63, 3.8) is 0 Å². The van der Waals surface area contributed by atoms with Crippen molar-refractivity contribution in [1.82, 2.24) is 20.1 Å². The lowest BCUT2D eigenvalue weighted by Crippen LogP contribution is -2.47. The van der Waals surface area contributed by atoms with Gasteiger partial charge < -0.3 is 15.1 Å². The van der Waals surface area contributed by atoms with Crippen LogP contribution in [0.4, 0.5) is 10.5 Å². The lowest BCUT2D eigenvalue weighted by molar-refractivity contribution is 0.194. The van der Waals surface area contributed by atoms with Gasteiger partial charge in [0.2, 0.25) is 0 Å². The molecule has 0 atom stereocenters. The number of piperazine rings is 1. The first-order valence-electron chi connectivity index (χ1n) is 10.2. The first-order valence-corrected chi connectivity index (χ1v) is 10.9. The number of nitrogens with zero attached hydrogens (tertiary/aromatic N) is 4. The number of amides is 2. The Morgan fingerprint density at radius 2 is 1.86 bits per heavy atom. The summed E-state index contributed by atoms with van der Waals surface area (Å²) in [6, 6.07) is 2.31. The first kappa shape index (κ1) is 21.5. The summed E-state index contributed by atoms with van der Waals surface area (Å²) in [6.07, 6.45) is 7.58. The summed E-state index contributed by atoms with van der Waals surface area (Å²) >= 11 is 12.4. The van der Waals surface area contributed by atoms with Crippen LogP contribution >= 0.6 is 23.2 Å². The van der Waals surface area contributed by atoms with Gasteiger partial charge in [0.05, 0.1) is 5.69 Å². The van der Waals surface area contributed by atoms with Crippen molar-refractivity contribution in [1.29, 1.82) is 0 Å². The van der Waals surface area contributed by atoms with Crippen LogP contribution in [0.1, 0.15) is 32.1 Å². The molecule has 2 amide bonds. The highest BCUT2D eigenvalue weighted by atomic mass is 35.5. The number of carbonyl (C=O) groups excluding carboxylic acids is 1. The number of nitrogens with one attached hydrogen (secondary N) is 1. The molecule has 8 heteroatoms. The van der Waals surface area contributed by atoms with Crippen molar-refractivity contribution in [3.8, 4) is 0 Å². The predicted molar refractivity (Wildman–Crippen MR) is 115 cm³/mol. The van der Waals surface area contributed by atoms with Crippen LogP contribution in [-0.4, -0.2) is 73.7 Å². The fourth-order valence-electron chi connectivity index (χ4n) is 4.13. The summed E-state index contributed by atoms with van der Waals surface area (Å²) in [4.78, 5) is 22.3. The standard InChI is InChI=1S/C20H31Cl2N5O/c1-25(2)20(28)24-16-5-3-15(4-6-16)8-10-26-11-13-27(14-12-26)17-7-9-23-19(22)18(17)21/h7,9,15-16H,3-6,8,10-14H2,1-2H3,(H,24,28). The third-order valence-electron chi connectivity index (χ3n) is 5.97. The number of hydrogen-bond donors (Lipinski definition) is 1. The lowest BCUT2D eigenvalue weighted by atomic mass is 9.84. The zero-order valence-corrected chi connectivity index (χ0v) is 18.3. The van der Waals surface area contributed by atoms with E-state index >= 15 is 0 Å². The molecule has 6 nitrogen and oxygen atoms in total. The summed E-state index contributed by atoms with van der Waals surface area (Å²) in [5, 5.41) is 4.05. The monoisotopic (exact) mass is 427 g/mol. The Morgan fingerprint density at radius 3 is 2.50 bits per heavy atom. The molecule has 1 aromatic rings. The van der Waals surface area contributed by atoms with Crippen molar-refractivity contribution in [3.05, 3.63) is 22.4 Å². The SMILES string of the molecule is CN(C)C(=O)NC1CCC(CCN2CCN(c3ccnc(Cl)c3Cl)CC2)CC1. The van der Waals surface area contributed by atoms with E-state index in [0.29, 0.717) is 16.2 Å². The zero-order chi connectivity index (χ0) is 20.1. The van der Waals surface area contributed by atoms with E-state index in [1.165, 1.54) is 19.3 Å². The Morgan fingerprint density at radius 1 is 1.18 bits per heavy atom. The molecule has 2 fully saturated rings. The molecule has 1 saturated heterocycles. The summed E-state index contributed by atoms with van der Waals surface area (Å²) in [6.45, 7) is 5.17. The Balaban J connectivity index is 1.36. The van der Waals surface area contributed by atoms with E-state index in [1.807, 2.05) is 6.07 Å². The van der Waals surface area contributed by atoms with Crippen molar-refractivity contribution in [2.75, 3.05) is 51.7 Å². The van der Waals surface area contributed by atoms with Crippen molar-refractivity contribution in [2.24, 2.45) is 5.92 Å². The van der Waals surface area contributed by atoms with E-state index in [4.69, 9.17) is 23.2 Å². The van der Waals surface area contributed by atoms with Gasteiger partial charge >= 0.3 is 6.03 Å². The van der Waals surface area contributed by atoms with E-state index in [0.717, 1.165) is 57.2 Å². The number of urea groups is 1. The van der Waals surface area contributed by atoms with Crippen LogP contribution in [0.25, 0.3) is 0 Å². The van der Waals surface area contributed by atoms with Crippen molar-refractivity contribution < 1.29 is 4.79 Å². The molecular formula is C20H31Cl2N5O. The second-order valence-electron chi connectivity index (χ2n) is 8.11. The molecule has 156 valence electrons. The summed E-state index contributed by atoms with van der Waals surface area (Å²) in [5.74, 6) is 0.777. The summed E-state index contributed by atoms with van der Waals surface area (Å²) < 4.78 is 0. The molecule has 0 aromatic carbocycles. The van der Waals surface area contributed by atoms with Gasteiger partial charge in [-0.05, 0) is 50.6 Å². The van der Waals surface area contributed by atoms with Crippen LogP contribution in [0.15, 0.2) is 12.3 Å². The highest BCUT2D eigenvalue weighted by Crippen LogP contribution is 2.31. The highest BCUT2D eigenvalue weighted by molar-refractivity contribution is 6.42. The molecule has 2 heterocycles. The maximum Gasteiger partial charge on any atom is 0.317 e. The molecule has 0 unspecified atom stereocenters. The first-order chi connectivity index (χ1) is 13.4. The maximum absolute atomic E-state index is 11.8. The molecule has 1 N–H and O–H groups in total. The number of hydrogen-bond acceptors (Lipinski definition) is 4. The molecular weight excluding hydrogens is 397 g/mol. The average molecular weight is 428 g/mol. The van der Waals surface area contributed by atoms with Gasteiger partial charge in [-0.1, -0.05) is 23.2 Å². The Kier molecular flexibility index (Phi) is 7.66. The second-order valence-corrected chi connectivity index (χ2v) is 8.85. The fraction of sp³-hybridized carbons (Fsp3) is 0.700. The molecule has 1 aliphatic heterocycles. The van der Waals surface area contributed by atoms with Crippen LogP contribution < -0.4 is 10.2 Å². The van der Waals surface area contributed by atoms with E-state index in [2.05, 4.69) is 20.1 Å². The van der Waals surface area contributed by atoms with Gasteiger partial charge in [-0.3, -0.25) is 4.90 Å².